The van der Waals surface area contributed by atoms with Crippen molar-refractivity contribution >= 4 is 23.4 Å². The number of carbonyl (C=O) groups is 1. The molecule has 0 saturated carbocycles. The molecule has 4 N–H and O–H groups in total. The van der Waals surface area contributed by atoms with Gasteiger partial charge in [0.15, 0.2) is 5.96 Å². The third-order valence-electron chi connectivity index (χ3n) is 4.85. The Balaban J connectivity index is 1.48. The summed E-state index contributed by atoms with van der Waals surface area (Å²) in [7, 11) is 0. The molecular weight excluding hydrogens is 383 g/mol. The first kappa shape index (κ1) is 21.4. The van der Waals surface area contributed by atoms with Gasteiger partial charge in [-0.25, -0.2) is 14.2 Å². The summed E-state index contributed by atoms with van der Waals surface area (Å²) >= 11 is 0. The molecule has 0 spiro atoms. The number of anilines is 2. The number of aliphatic imine (C=N–C) groups is 1. The van der Waals surface area contributed by atoms with Crippen molar-refractivity contribution in [3.8, 4) is 0 Å². The predicted octanol–water partition coefficient (Wildman–Crippen LogP) is 2.99. The Morgan fingerprint density at radius 2 is 1.70 bits per heavy atom. The monoisotopic (exact) mass is 412 g/mol. The van der Waals surface area contributed by atoms with Crippen LogP contribution < -0.4 is 21.3 Å². The van der Waals surface area contributed by atoms with E-state index in [0.29, 0.717) is 12.5 Å². The molecule has 3 rings (SSSR count). The van der Waals surface area contributed by atoms with Crippen molar-refractivity contribution in [2.24, 2.45) is 10.7 Å². The van der Waals surface area contributed by atoms with Gasteiger partial charge in [0.25, 0.3) is 0 Å². The molecular formula is C22H29FN6O. The number of benzene rings is 2. The minimum absolute atomic E-state index is 0.0825. The van der Waals surface area contributed by atoms with Crippen LogP contribution in [0.15, 0.2) is 53.5 Å². The Hall–Kier alpha value is -3.29. The van der Waals surface area contributed by atoms with Gasteiger partial charge < -0.3 is 26.2 Å². The van der Waals surface area contributed by atoms with E-state index in [9.17, 15) is 9.18 Å². The number of nitrogens with zero attached hydrogens (tertiary/aromatic N) is 3. The molecule has 1 fully saturated rings. The quantitative estimate of drug-likeness (QED) is 0.521. The van der Waals surface area contributed by atoms with Crippen LogP contribution in [0.4, 0.5) is 20.6 Å². The largest absolute Gasteiger partial charge is 0.370 e. The topological polar surface area (TPSA) is 86.0 Å². The van der Waals surface area contributed by atoms with E-state index in [-0.39, 0.29) is 17.9 Å². The maximum Gasteiger partial charge on any atom is 0.319 e. The summed E-state index contributed by atoms with van der Waals surface area (Å²) < 4.78 is 13.1. The van der Waals surface area contributed by atoms with Gasteiger partial charge in [-0.15, -0.1) is 0 Å². The number of urea groups is 1. The van der Waals surface area contributed by atoms with E-state index < -0.39 is 0 Å². The van der Waals surface area contributed by atoms with Crippen LogP contribution in [-0.2, 0) is 6.54 Å². The Bertz CT molecular complexity index is 858. The zero-order valence-corrected chi connectivity index (χ0v) is 17.4. The van der Waals surface area contributed by atoms with Gasteiger partial charge in [-0.1, -0.05) is 12.1 Å². The number of rotatable bonds is 5. The van der Waals surface area contributed by atoms with Gasteiger partial charge >= 0.3 is 6.03 Å². The summed E-state index contributed by atoms with van der Waals surface area (Å²) in [6.45, 7) is 7.44. The number of hydrogen-bond acceptors (Lipinski definition) is 3. The van der Waals surface area contributed by atoms with Crippen LogP contribution in [0.5, 0.6) is 0 Å². The molecule has 2 aromatic rings. The van der Waals surface area contributed by atoms with E-state index in [0.717, 1.165) is 43.1 Å². The number of amides is 2. The molecule has 0 unspecified atom stereocenters. The van der Waals surface area contributed by atoms with E-state index in [1.807, 2.05) is 38.1 Å². The van der Waals surface area contributed by atoms with E-state index >= 15 is 0 Å². The normalized spacial score (nSPS) is 14.7. The first-order valence-corrected chi connectivity index (χ1v) is 10.1. The van der Waals surface area contributed by atoms with Crippen LogP contribution in [0.25, 0.3) is 0 Å². The molecule has 2 aromatic carbocycles. The molecule has 0 aromatic heterocycles. The Morgan fingerprint density at radius 3 is 2.30 bits per heavy atom. The molecule has 1 aliphatic heterocycles. The number of piperazine rings is 1. The van der Waals surface area contributed by atoms with Gasteiger partial charge in [0.1, 0.15) is 5.82 Å². The van der Waals surface area contributed by atoms with Crippen molar-refractivity contribution < 1.29 is 9.18 Å². The van der Waals surface area contributed by atoms with Gasteiger partial charge in [-0.05, 0) is 55.8 Å². The highest BCUT2D eigenvalue weighted by atomic mass is 19.1. The molecule has 1 heterocycles. The number of hydrogen-bond donors (Lipinski definition) is 3. The number of nitrogens with one attached hydrogen (secondary N) is 2. The number of nitrogens with two attached hydrogens (primary N) is 1. The summed E-state index contributed by atoms with van der Waals surface area (Å²) in [4.78, 5) is 20.5. The summed E-state index contributed by atoms with van der Waals surface area (Å²) in [6.07, 6.45) is 0. The number of guanidine groups is 1. The molecule has 8 heteroatoms. The fraction of sp³-hybridized carbons (Fsp3) is 0.364. The van der Waals surface area contributed by atoms with Gasteiger partial charge in [-0.2, -0.15) is 0 Å². The smallest absolute Gasteiger partial charge is 0.319 e. The van der Waals surface area contributed by atoms with Gasteiger partial charge in [0.05, 0.1) is 6.54 Å². The maximum absolute atomic E-state index is 13.1. The lowest BCUT2D eigenvalue weighted by Crippen LogP contribution is -2.51. The minimum Gasteiger partial charge on any atom is -0.370 e. The van der Waals surface area contributed by atoms with Gasteiger partial charge in [0.2, 0.25) is 0 Å². The molecule has 160 valence electrons. The average molecular weight is 413 g/mol. The van der Waals surface area contributed by atoms with Crippen LogP contribution in [0.1, 0.15) is 19.4 Å². The lowest BCUT2D eigenvalue weighted by molar-refractivity contribution is 0.250. The van der Waals surface area contributed by atoms with Crippen molar-refractivity contribution in [2.75, 3.05) is 36.4 Å². The molecule has 30 heavy (non-hydrogen) atoms. The van der Waals surface area contributed by atoms with E-state index in [4.69, 9.17) is 5.73 Å². The molecule has 0 atom stereocenters. The van der Waals surface area contributed by atoms with Crippen LogP contribution in [-0.4, -0.2) is 49.1 Å². The second-order valence-electron chi connectivity index (χ2n) is 7.58. The SMILES string of the molecule is CC(C)NC(=O)Nc1ccc(CN=C(N)N2CCN(c3ccc(F)cc3)CC2)cc1. The summed E-state index contributed by atoms with van der Waals surface area (Å²) in [5.41, 5.74) is 8.94. The summed E-state index contributed by atoms with van der Waals surface area (Å²) in [5, 5.41) is 5.58. The fourth-order valence-corrected chi connectivity index (χ4v) is 3.24. The fourth-order valence-electron chi connectivity index (χ4n) is 3.24. The van der Waals surface area contributed by atoms with Crippen molar-refractivity contribution in [1.29, 1.82) is 0 Å². The average Bonchev–Trinajstić information content (AvgIpc) is 2.73. The van der Waals surface area contributed by atoms with Crippen molar-refractivity contribution in [3.05, 3.63) is 59.9 Å². The van der Waals surface area contributed by atoms with Crippen LogP contribution in [0.3, 0.4) is 0 Å². The summed E-state index contributed by atoms with van der Waals surface area (Å²) in [5.74, 6) is 0.295. The van der Waals surface area contributed by atoms with Crippen LogP contribution in [0, 0.1) is 5.82 Å². The standard InChI is InChI=1S/C22H29FN6O/c1-16(2)26-22(30)27-19-7-3-17(4-8-19)15-25-21(24)29-13-11-28(12-14-29)20-9-5-18(23)6-10-20/h3-10,16H,11-15H2,1-2H3,(H2,24,25)(H2,26,27,30). The highest BCUT2D eigenvalue weighted by Crippen LogP contribution is 2.17. The van der Waals surface area contributed by atoms with Crippen molar-refractivity contribution in [2.45, 2.75) is 26.4 Å². The highest BCUT2D eigenvalue weighted by Gasteiger charge is 2.18. The molecule has 1 saturated heterocycles. The second kappa shape index (κ2) is 9.96. The summed E-state index contributed by atoms with van der Waals surface area (Å²) in [6, 6.07) is 14.0. The van der Waals surface area contributed by atoms with Crippen molar-refractivity contribution in [3.63, 3.8) is 0 Å². The third-order valence-corrected chi connectivity index (χ3v) is 4.85. The number of halogens is 1. The maximum atomic E-state index is 13.1. The minimum atomic E-state index is -0.226. The predicted molar refractivity (Wildman–Crippen MR) is 119 cm³/mol. The highest BCUT2D eigenvalue weighted by molar-refractivity contribution is 5.89. The van der Waals surface area contributed by atoms with Crippen molar-refractivity contribution in [1.82, 2.24) is 10.2 Å². The van der Waals surface area contributed by atoms with E-state index in [1.165, 1.54) is 12.1 Å². The molecule has 7 nitrogen and oxygen atoms in total. The molecule has 2 amide bonds. The van der Waals surface area contributed by atoms with Crippen LogP contribution >= 0.6 is 0 Å². The number of carbonyl (C=O) groups excluding carboxylic acids is 1. The zero-order valence-electron chi connectivity index (χ0n) is 17.4. The second-order valence-corrected chi connectivity index (χ2v) is 7.58. The molecule has 0 bridgehead atoms. The molecule has 1 aliphatic rings. The first-order valence-electron chi connectivity index (χ1n) is 10.1. The Morgan fingerprint density at radius 1 is 1.07 bits per heavy atom. The van der Waals surface area contributed by atoms with E-state index in [1.54, 1.807) is 12.1 Å². The Labute approximate surface area is 176 Å². The Kier molecular flexibility index (Phi) is 7.11. The molecule has 0 aliphatic carbocycles. The lowest BCUT2D eigenvalue weighted by atomic mass is 10.2. The van der Waals surface area contributed by atoms with Gasteiger partial charge in [0, 0.05) is 43.6 Å². The molecule has 0 radical (unpaired) electrons. The van der Waals surface area contributed by atoms with E-state index in [2.05, 4.69) is 25.4 Å². The lowest BCUT2D eigenvalue weighted by Gasteiger charge is -2.36. The zero-order chi connectivity index (χ0) is 21.5. The van der Waals surface area contributed by atoms with Gasteiger partial charge in [-0.3, -0.25) is 0 Å². The van der Waals surface area contributed by atoms with Crippen LogP contribution in [0.2, 0.25) is 0 Å². The third kappa shape index (κ3) is 6.10. The first-order chi connectivity index (χ1) is 14.4.